The first-order valence-electron chi connectivity index (χ1n) is 4.68. The minimum atomic E-state index is -0.464. The Balaban J connectivity index is 2.34. The van der Waals surface area contributed by atoms with Gasteiger partial charge in [0, 0.05) is 5.56 Å². The van der Waals surface area contributed by atoms with Crippen LogP contribution in [0, 0.1) is 5.92 Å². The normalized spacial score (nSPS) is 24.5. The zero-order chi connectivity index (χ0) is 10.8. The highest BCUT2D eigenvalue weighted by atomic mass is 35.5. The first-order valence-corrected chi connectivity index (χ1v) is 5.06. The van der Waals surface area contributed by atoms with E-state index in [9.17, 15) is 4.79 Å². The summed E-state index contributed by atoms with van der Waals surface area (Å²) in [5, 5.41) is 3.47. The standard InChI is InChI=1S/C11H10ClNO2/c1-7-9(11(12)14)10(13-15-7)8-5-3-2-4-6-8/h2-7,9H,1H3. The fourth-order valence-electron chi connectivity index (χ4n) is 1.61. The van der Waals surface area contributed by atoms with E-state index < -0.39 is 11.2 Å². The Kier molecular flexibility index (Phi) is 2.73. The number of rotatable bonds is 2. The summed E-state index contributed by atoms with van der Waals surface area (Å²) >= 11 is 5.52. The first kappa shape index (κ1) is 10.2. The Bertz CT molecular complexity index is 402. The Morgan fingerprint density at radius 2 is 2.07 bits per heavy atom. The summed E-state index contributed by atoms with van der Waals surface area (Å²) in [4.78, 5) is 16.3. The predicted molar refractivity (Wildman–Crippen MR) is 57.9 cm³/mol. The minimum absolute atomic E-state index is 0.287. The fraction of sp³-hybridized carbons (Fsp3) is 0.273. The lowest BCUT2D eigenvalue weighted by atomic mass is 9.94. The lowest BCUT2D eigenvalue weighted by Crippen LogP contribution is -2.26. The van der Waals surface area contributed by atoms with Crippen LogP contribution < -0.4 is 0 Å². The highest BCUT2D eigenvalue weighted by Crippen LogP contribution is 2.24. The fourth-order valence-corrected chi connectivity index (χ4v) is 1.89. The minimum Gasteiger partial charge on any atom is -0.391 e. The molecule has 0 N–H and O–H groups in total. The molecule has 0 aliphatic carbocycles. The Morgan fingerprint density at radius 1 is 1.40 bits per heavy atom. The van der Waals surface area contributed by atoms with Gasteiger partial charge in [-0.05, 0) is 18.5 Å². The molecule has 1 aromatic carbocycles. The molecule has 0 aromatic heterocycles. The van der Waals surface area contributed by atoms with E-state index in [1.165, 1.54) is 0 Å². The van der Waals surface area contributed by atoms with E-state index in [1.807, 2.05) is 30.3 Å². The first-order chi connectivity index (χ1) is 7.20. The largest absolute Gasteiger partial charge is 0.391 e. The second-order valence-electron chi connectivity index (χ2n) is 3.43. The molecule has 0 amide bonds. The third-order valence-electron chi connectivity index (χ3n) is 2.40. The Morgan fingerprint density at radius 3 is 2.67 bits per heavy atom. The second-order valence-corrected chi connectivity index (χ2v) is 3.81. The molecule has 3 nitrogen and oxygen atoms in total. The third-order valence-corrected chi connectivity index (χ3v) is 2.63. The maximum absolute atomic E-state index is 11.2. The number of hydrogen-bond acceptors (Lipinski definition) is 3. The van der Waals surface area contributed by atoms with Crippen LogP contribution in [0.1, 0.15) is 12.5 Å². The van der Waals surface area contributed by atoms with Gasteiger partial charge in [0.1, 0.15) is 17.7 Å². The molecule has 1 aromatic rings. The number of halogens is 1. The molecule has 0 saturated heterocycles. The molecule has 78 valence electrons. The molecule has 2 atom stereocenters. The van der Waals surface area contributed by atoms with Crippen LogP contribution in [0.2, 0.25) is 0 Å². The number of benzene rings is 1. The molecular weight excluding hydrogens is 214 g/mol. The average Bonchev–Trinajstić information content (AvgIpc) is 2.61. The van der Waals surface area contributed by atoms with Gasteiger partial charge in [0.25, 0.3) is 0 Å². The zero-order valence-electron chi connectivity index (χ0n) is 8.18. The molecule has 0 spiro atoms. The summed E-state index contributed by atoms with van der Waals surface area (Å²) in [6.07, 6.45) is -0.287. The number of carbonyl (C=O) groups is 1. The number of carbonyl (C=O) groups excluding carboxylic acids is 1. The summed E-state index contributed by atoms with van der Waals surface area (Å²) in [6.45, 7) is 1.78. The van der Waals surface area contributed by atoms with Gasteiger partial charge in [-0.3, -0.25) is 4.79 Å². The van der Waals surface area contributed by atoms with Crippen molar-refractivity contribution in [1.29, 1.82) is 0 Å². The predicted octanol–water partition coefficient (Wildman–Crippen LogP) is 2.19. The summed E-state index contributed by atoms with van der Waals surface area (Å²) in [7, 11) is 0. The number of hydrogen-bond donors (Lipinski definition) is 0. The van der Waals surface area contributed by atoms with E-state index in [2.05, 4.69) is 5.16 Å². The molecule has 0 fully saturated rings. The Labute approximate surface area is 92.7 Å². The molecule has 1 aliphatic rings. The average molecular weight is 224 g/mol. The SMILES string of the molecule is CC1ON=C(c2ccccc2)C1C(=O)Cl. The summed E-state index contributed by atoms with van der Waals surface area (Å²) in [5.41, 5.74) is 1.49. The Hall–Kier alpha value is -1.35. The van der Waals surface area contributed by atoms with Gasteiger partial charge in [0.05, 0.1) is 0 Å². The topological polar surface area (TPSA) is 38.7 Å². The van der Waals surface area contributed by atoms with E-state index in [-0.39, 0.29) is 6.10 Å². The van der Waals surface area contributed by atoms with Crippen molar-refractivity contribution in [3.63, 3.8) is 0 Å². The molecule has 1 heterocycles. The van der Waals surface area contributed by atoms with E-state index in [0.29, 0.717) is 5.71 Å². The van der Waals surface area contributed by atoms with Gasteiger partial charge in [-0.2, -0.15) is 0 Å². The van der Waals surface area contributed by atoms with E-state index in [4.69, 9.17) is 16.4 Å². The molecule has 0 radical (unpaired) electrons. The van der Waals surface area contributed by atoms with Crippen molar-refractivity contribution >= 4 is 22.6 Å². The number of nitrogens with zero attached hydrogens (tertiary/aromatic N) is 1. The van der Waals surface area contributed by atoms with Gasteiger partial charge in [0.2, 0.25) is 5.24 Å². The van der Waals surface area contributed by atoms with Crippen LogP contribution in [-0.2, 0) is 9.63 Å². The molecule has 0 saturated carbocycles. The van der Waals surface area contributed by atoms with Crippen molar-refractivity contribution in [3.05, 3.63) is 35.9 Å². The van der Waals surface area contributed by atoms with Crippen LogP contribution in [0.25, 0.3) is 0 Å². The van der Waals surface area contributed by atoms with Crippen LogP contribution in [0.15, 0.2) is 35.5 Å². The molecule has 2 rings (SSSR count). The lowest BCUT2D eigenvalue weighted by Gasteiger charge is -2.09. The summed E-state index contributed by atoms with van der Waals surface area (Å²) in [5.74, 6) is -0.464. The maximum Gasteiger partial charge on any atom is 0.234 e. The van der Waals surface area contributed by atoms with Crippen molar-refractivity contribution in [2.75, 3.05) is 0 Å². The van der Waals surface area contributed by atoms with Crippen LogP contribution in [0.5, 0.6) is 0 Å². The van der Waals surface area contributed by atoms with Crippen molar-refractivity contribution in [2.24, 2.45) is 11.1 Å². The van der Waals surface area contributed by atoms with Gasteiger partial charge in [0.15, 0.2) is 0 Å². The van der Waals surface area contributed by atoms with E-state index in [1.54, 1.807) is 6.92 Å². The molecular formula is C11H10ClNO2. The molecule has 2 unspecified atom stereocenters. The van der Waals surface area contributed by atoms with Gasteiger partial charge in [-0.1, -0.05) is 35.5 Å². The molecule has 0 bridgehead atoms. The summed E-state index contributed by atoms with van der Waals surface area (Å²) in [6, 6.07) is 9.44. The van der Waals surface area contributed by atoms with Crippen LogP contribution in [0.3, 0.4) is 0 Å². The quantitative estimate of drug-likeness (QED) is 0.721. The van der Waals surface area contributed by atoms with Gasteiger partial charge >= 0.3 is 0 Å². The van der Waals surface area contributed by atoms with Crippen molar-refractivity contribution in [2.45, 2.75) is 13.0 Å². The molecule has 15 heavy (non-hydrogen) atoms. The van der Waals surface area contributed by atoms with E-state index >= 15 is 0 Å². The summed E-state index contributed by atoms with van der Waals surface area (Å²) < 4.78 is 0. The van der Waals surface area contributed by atoms with Crippen LogP contribution >= 0.6 is 11.6 Å². The molecule has 1 aliphatic heterocycles. The maximum atomic E-state index is 11.2. The van der Waals surface area contributed by atoms with Crippen LogP contribution in [-0.4, -0.2) is 17.1 Å². The van der Waals surface area contributed by atoms with Gasteiger partial charge < -0.3 is 4.84 Å². The molecule has 4 heteroatoms. The third kappa shape index (κ3) is 1.88. The van der Waals surface area contributed by atoms with Crippen LogP contribution in [0.4, 0.5) is 0 Å². The second kappa shape index (κ2) is 4.03. The van der Waals surface area contributed by atoms with Crippen molar-refractivity contribution in [3.8, 4) is 0 Å². The van der Waals surface area contributed by atoms with Gasteiger partial charge in [-0.15, -0.1) is 0 Å². The highest BCUT2D eigenvalue weighted by molar-refractivity contribution is 6.66. The lowest BCUT2D eigenvalue weighted by molar-refractivity contribution is -0.115. The van der Waals surface area contributed by atoms with Gasteiger partial charge in [-0.25, -0.2) is 0 Å². The highest BCUT2D eigenvalue weighted by Gasteiger charge is 2.36. The smallest absolute Gasteiger partial charge is 0.234 e. The monoisotopic (exact) mass is 223 g/mol. The van der Waals surface area contributed by atoms with Crippen molar-refractivity contribution < 1.29 is 9.63 Å². The zero-order valence-corrected chi connectivity index (χ0v) is 8.94. The van der Waals surface area contributed by atoms with E-state index in [0.717, 1.165) is 5.56 Å². The van der Waals surface area contributed by atoms with Crippen molar-refractivity contribution in [1.82, 2.24) is 0 Å². The number of oxime groups is 1.